The summed E-state index contributed by atoms with van der Waals surface area (Å²) in [5.74, 6) is 0.406. The number of hydrogen-bond acceptors (Lipinski definition) is 5. The zero-order chi connectivity index (χ0) is 18.8. The average molecular weight is 360 g/mol. The van der Waals surface area contributed by atoms with Crippen LogP contribution in [-0.4, -0.2) is 33.1 Å². The number of carbonyl (C=O) groups is 1. The topological polar surface area (TPSA) is 100 Å². The molecule has 0 spiro atoms. The summed E-state index contributed by atoms with van der Waals surface area (Å²) in [6, 6.07) is 16.2. The van der Waals surface area contributed by atoms with Crippen molar-refractivity contribution in [2.24, 2.45) is 0 Å². The number of H-pyrrole nitrogens is 1. The first-order valence-corrected chi connectivity index (χ1v) is 8.22. The van der Waals surface area contributed by atoms with Crippen molar-refractivity contribution < 1.29 is 14.6 Å². The minimum atomic E-state index is -0.977. The highest BCUT2D eigenvalue weighted by atomic mass is 16.5. The van der Waals surface area contributed by atoms with Crippen LogP contribution in [-0.2, 0) is 0 Å². The number of aromatic nitrogens is 3. The summed E-state index contributed by atoms with van der Waals surface area (Å²) in [7, 11) is 1.63. The third-order valence-electron chi connectivity index (χ3n) is 4.20. The highest BCUT2D eigenvalue weighted by molar-refractivity contribution is 5.94. The zero-order valence-corrected chi connectivity index (χ0v) is 14.4. The van der Waals surface area contributed by atoms with Gasteiger partial charge in [0.15, 0.2) is 0 Å². The zero-order valence-electron chi connectivity index (χ0n) is 14.4. The van der Waals surface area contributed by atoms with Crippen molar-refractivity contribution in [2.75, 3.05) is 12.4 Å². The Kier molecular flexibility index (Phi) is 4.18. The summed E-state index contributed by atoms with van der Waals surface area (Å²) in [6.07, 6.45) is 1.46. The lowest BCUT2D eigenvalue weighted by Gasteiger charge is -2.06. The Balaban J connectivity index is 1.70. The smallest absolute Gasteiger partial charge is 0.335 e. The van der Waals surface area contributed by atoms with Gasteiger partial charge in [-0.2, -0.15) is 0 Å². The standard InChI is InChI=1S/C20H16N4O3/c1-27-15-7-5-12(6-8-15)17-10-16-18(21-11-22-19(16)24-17)23-14-4-2-3-13(9-14)20(25)26/h2-11H,1H3,(H,25,26)(H2,21,22,23,24). The molecule has 0 bridgehead atoms. The van der Waals surface area contributed by atoms with Gasteiger partial charge in [0.25, 0.3) is 0 Å². The van der Waals surface area contributed by atoms with Gasteiger partial charge in [0.2, 0.25) is 0 Å². The summed E-state index contributed by atoms with van der Waals surface area (Å²) in [5.41, 5.74) is 3.43. The maximum atomic E-state index is 11.2. The molecule has 2 aromatic carbocycles. The molecule has 0 atom stereocenters. The van der Waals surface area contributed by atoms with Crippen LogP contribution in [0.25, 0.3) is 22.3 Å². The summed E-state index contributed by atoms with van der Waals surface area (Å²) in [4.78, 5) is 23.0. The molecule has 7 heteroatoms. The summed E-state index contributed by atoms with van der Waals surface area (Å²) >= 11 is 0. The molecule has 0 saturated heterocycles. The molecule has 0 aliphatic rings. The molecule has 134 valence electrons. The molecule has 7 nitrogen and oxygen atoms in total. The number of nitrogens with zero attached hydrogens (tertiary/aromatic N) is 2. The second-order valence-electron chi connectivity index (χ2n) is 5.91. The van der Waals surface area contributed by atoms with Crippen molar-refractivity contribution in [3.05, 3.63) is 66.5 Å². The predicted octanol–water partition coefficient (Wildman–Crippen LogP) is 4.08. The fourth-order valence-corrected chi connectivity index (χ4v) is 2.83. The highest BCUT2D eigenvalue weighted by Crippen LogP contribution is 2.29. The van der Waals surface area contributed by atoms with Crippen molar-refractivity contribution >= 4 is 28.5 Å². The number of hydrogen-bond donors (Lipinski definition) is 3. The maximum Gasteiger partial charge on any atom is 0.335 e. The van der Waals surface area contributed by atoms with Crippen LogP contribution in [0.2, 0.25) is 0 Å². The van der Waals surface area contributed by atoms with Crippen LogP contribution in [0, 0.1) is 0 Å². The lowest BCUT2D eigenvalue weighted by Crippen LogP contribution is -1.99. The Hall–Kier alpha value is -3.87. The van der Waals surface area contributed by atoms with Gasteiger partial charge in [-0.15, -0.1) is 0 Å². The van der Waals surface area contributed by atoms with Crippen molar-refractivity contribution in [2.45, 2.75) is 0 Å². The molecule has 3 N–H and O–H groups in total. The first-order chi connectivity index (χ1) is 13.1. The number of ether oxygens (including phenoxy) is 1. The number of carboxylic acid groups (broad SMARTS) is 1. The van der Waals surface area contributed by atoms with Gasteiger partial charge in [0.1, 0.15) is 23.5 Å². The van der Waals surface area contributed by atoms with E-state index in [0.29, 0.717) is 17.2 Å². The Morgan fingerprint density at radius 1 is 1.11 bits per heavy atom. The first-order valence-electron chi connectivity index (χ1n) is 8.22. The van der Waals surface area contributed by atoms with Gasteiger partial charge in [0, 0.05) is 11.4 Å². The maximum absolute atomic E-state index is 11.2. The third kappa shape index (κ3) is 3.30. The number of methoxy groups -OCH3 is 1. The van der Waals surface area contributed by atoms with E-state index in [1.165, 1.54) is 6.33 Å². The third-order valence-corrected chi connectivity index (χ3v) is 4.20. The molecule has 0 amide bonds. The van der Waals surface area contributed by atoms with E-state index >= 15 is 0 Å². The molecule has 2 heterocycles. The minimum absolute atomic E-state index is 0.207. The normalized spacial score (nSPS) is 10.7. The van der Waals surface area contributed by atoms with Gasteiger partial charge in [-0.05, 0) is 54.1 Å². The number of aromatic amines is 1. The summed E-state index contributed by atoms with van der Waals surface area (Å²) < 4.78 is 5.19. The molecule has 0 radical (unpaired) electrons. The minimum Gasteiger partial charge on any atom is -0.497 e. The van der Waals surface area contributed by atoms with Crippen LogP contribution in [0.5, 0.6) is 5.75 Å². The molecule has 0 unspecified atom stereocenters. The van der Waals surface area contributed by atoms with E-state index in [-0.39, 0.29) is 5.56 Å². The lowest BCUT2D eigenvalue weighted by atomic mass is 10.1. The summed E-state index contributed by atoms with van der Waals surface area (Å²) in [5, 5.41) is 13.1. The van der Waals surface area contributed by atoms with E-state index in [1.807, 2.05) is 30.3 Å². The van der Waals surface area contributed by atoms with Gasteiger partial charge in [-0.1, -0.05) is 6.07 Å². The van der Waals surface area contributed by atoms with E-state index < -0.39 is 5.97 Å². The van der Waals surface area contributed by atoms with Crippen LogP contribution < -0.4 is 10.1 Å². The van der Waals surface area contributed by atoms with E-state index in [0.717, 1.165) is 22.4 Å². The van der Waals surface area contributed by atoms with E-state index in [2.05, 4.69) is 20.3 Å². The summed E-state index contributed by atoms with van der Waals surface area (Å²) in [6.45, 7) is 0. The second-order valence-corrected chi connectivity index (χ2v) is 5.91. The molecular formula is C20H16N4O3. The van der Waals surface area contributed by atoms with E-state index in [9.17, 15) is 4.79 Å². The molecule has 0 aliphatic heterocycles. The van der Waals surface area contributed by atoms with Crippen molar-refractivity contribution in [1.29, 1.82) is 0 Å². The predicted molar refractivity (Wildman–Crippen MR) is 103 cm³/mol. The van der Waals surface area contributed by atoms with Crippen LogP contribution >= 0.6 is 0 Å². The quantitative estimate of drug-likeness (QED) is 0.496. The number of anilines is 2. The second kappa shape index (κ2) is 6.80. The van der Waals surface area contributed by atoms with Crippen LogP contribution in [0.1, 0.15) is 10.4 Å². The van der Waals surface area contributed by atoms with Gasteiger partial charge >= 0.3 is 5.97 Å². The number of benzene rings is 2. The first kappa shape index (κ1) is 16.6. The Labute approximate surface area is 154 Å². The van der Waals surface area contributed by atoms with Crippen LogP contribution in [0.15, 0.2) is 60.9 Å². The lowest BCUT2D eigenvalue weighted by molar-refractivity contribution is 0.0697. The SMILES string of the molecule is COc1ccc(-c2cc3c(Nc4cccc(C(=O)O)c4)ncnc3[nH]2)cc1. The molecule has 2 aromatic heterocycles. The largest absolute Gasteiger partial charge is 0.497 e. The molecular weight excluding hydrogens is 344 g/mol. The number of aromatic carboxylic acids is 1. The van der Waals surface area contributed by atoms with E-state index in [4.69, 9.17) is 9.84 Å². The van der Waals surface area contributed by atoms with Crippen LogP contribution in [0.4, 0.5) is 11.5 Å². The van der Waals surface area contributed by atoms with Gasteiger partial charge < -0.3 is 20.1 Å². The van der Waals surface area contributed by atoms with Gasteiger partial charge in [0.05, 0.1) is 18.1 Å². The molecule has 0 fully saturated rings. The average Bonchev–Trinajstić information content (AvgIpc) is 3.14. The van der Waals surface area contributed by atoms with Gasteiger partial charge in [-0.25, -0.2) is 14.8 Å². The number of nitrogens with one attached hydrogen (secondary N) is 2. The fraction of sp³-hybridized carbons (Fsp3) is 0.0500. The van der Waals surface area contributed by atoms with E-state index in [1.54, 1.807) is 31.4 Å². The fourth-order valence-electron chi connectivity index (χ4n) is 2.83. The molecule has 0 saturated carbocycles. The van der Waals surface area contributed by atoms with Crippen molar-refractivity contribution in [1.82, 2.24) is 15.0 Å². The number of rotatable bonds is 5. The van der Waals surface area contributed by atoms with Crippen LogP contribution in [0.3, 0.4) is 0 Å². The Bertz CT molecular complexity index is 1120. The van der Waals surface area contributed by atoms with Crippen molar-refractivity contribution in [3.8, 4) is 17.0 Å². The Morgan fingerprint density at radius 3 is 2.67 bits per heavy atom. The molecule has 0 aliphatic carbocycles. The highest BCUT2D eigenvalue weighted by Gasteiger charge is 2.11. The monoisotopic (exact) mass is 360 g/mol. The van der Waals surface area contributed by atoms with Crippen molar-refractivity contribution in [3.63, 3.8) is 0 Å². The molecule has 4 rings (SSSR count). The number of carboxylic acids is 1. The molecule has 4 aromatic rings. The Morgan fingerprint density at radius 2 is 1.93 bits per heavy atom. The van der Waals surface area contributed by atoms with Gasteiger partial charge in [-0.3, -0.25) is 0 Å². The molecule has 27 heavy (non-hydrogen) atoms. The number of fused-ring (bicyclic) bond motifs is 1.